The van der Waals surface area contributed by atoms with Gasteiger partial charge in [-0.3, -0.25) is 9.59 Å². The number of sulfonamides is 1. The van der Waals surface area contributed by atoms with Crippen molar-refractivity contribution in [3.63, 3.8) is 0 Å². The van der Waals surface area contributed by atoms with Crippen LogP contribution in [0, 0.1) is 0 Å². The predicted octanol–water partition coefficient (Wildman–Crippen LogP) is 0.461. The Balaban J connectivity index is 1.19. The molecule has 12 heteroatoms. The molecule has 2 N–H and O–H groups in total. The number of carbonyl (C=O) groups excluding carboxylic acids is 2. The van der Waals surface area contributed by atoms with Gasteiger partial charge in [0.05, 0.1) is 4.90 Å². The second-order valence-electron chi connectivity index (χ2n) is 8.65. The molecule has 35 heavy (non-hydrogen) atoms. The minimum absolute atomic E-state index is 0.107. The normalized spacial score (nSPS) is 16.3. The fraction of sp³-hybridized carbons (Fsp3) is 0.348. The van der Waals surface area contributed by atoms with E-state index in [-0.39, 0.29) is 25.5 Å². The van der Waals surface area contributed by atoms with Gasteiger partial charge in [0.2, 0.25) is 27.7 Å². The maximum absolute atomic E-state index is 13.1. The van der Waals surface area contributed by atoms with Gasteiger partial charge in [0.15, 0.2) is 0 Å². The number of aromatic nitrogens is 4. The van der Waals surface area contributed by atoms with Crippen LogP contribution < -0.4 is 5.73 Å². The molecule has 1 aromatic heterocycles. The van der Waals surface area contributed by atoms with Crippen LogP contribution in [0.3, 0.4) is 0 Å². The average Bonchev–Trinajstić information content (AvgIpc) is 3.53. The summed E-state index contributed by atoms with van der Waals surface area (Å²) in [4.78, 5) is 27.1. The lowest BCUT2D eigenvalue weighted by Gasteiger charge is -2.34. The number of piperazine rings is 1. The second kappa shape index (κ2) is 9.19. The quantitative estimate of drug-likeness (QED) is 0.523. The van der Waals surface area contributed by atoms with Crippen LogP contribution in [0.4, 0.5) is 0 Å². The van der Waals surface area contributed by atoms with E-state index in [4.69, 9.17) is 5.73 Å². The number of primary amides is 1. The van der Waals surface area contributed by atoms with E-state index in [0.717, 1.165) is 24.8 Å². The Kier molecular flexibility index (Phi) is 6.07. The molecule has 0 saturated carbocycles. The molecule has 0 spiro atoms. The van der Waals surface area contributed by atoms with Crippen LogP contribution in [0.5, 0.6) is 0 Å². The summed E-state index contributed by atoms with van der Waals surface area (Å²) in [6.07, 6.45) is 2.97. The van der Waals surface area contributed by atoms with Crippen LogP contribution in [0.25, 0.3) is 11.4 Å². The summed E-state index contributed by atoms with van der Waals surface area (Å²) in [5.74, 6) is -0.425. The van der Waals surface area contributed by atoms with E-state index >= 15 is 0 Å². The summed E-state index contributed by atoms with van der Waals surface area (Å²) in [5.41, 5.74) is 8.60. The molecule has 1 fully saturated rings. The molecule has 3 aromatic rings. The van der Waals surface area contributed by atoms with Gasteiger partial charge in [0.1, 0.15) is 6.54 Å². The first-order chi connectivity index (χ1) is 16.8. The topological polar surface area (TPSA) is 144 Å². The Morgan fingerprint density at radius 1 is 0.943 bits per heavy atom. The molecule has 1 aliphatic heterocycles. The average molecular weight is 496 g/mol. The van der Waals surface area contributed by atoms with Gasteiger partial charge in [-0.1, -0.05) is 18.2 Å². The molecular weight excluding hydrogens is 470 g/mol. The molecule has 0 unspecified atom stereocenters. The molecule has 1 saturated heterocycles. The lowest BCUT2D eigenvalue weighted by atomic mass is 10.1. The van der Waals surface area contributed by atoms with Crippen molar-refractivity contribution in [2.45, 2.75) is 30.7 Å². The number of rotatable bonds is 6. The van der Waals surface area contributed by atoms with Crippen LogP contribution in [-0.4, -0.2) is 75.8 Å². The number of benzene rings is 2. The first-order valence-corrected chi connectivity index (χ1v) is 12.8. The summed E-state index contributed by atoms with van der Waals surface area (Å²) in [7, 11) is -3.60. The lowest BCUT2D eigenvalue weighted by Crippen LogP contribution is -2.51. The van der Waals surface area contributed by atoms with Crippen molar-refractivity contribution < 1.29 is 18.0 Å². The number of hydrogen-bond donors (Lipinski definition) is 1. The molecule has 5 rings (SSSR count). The molecule has 0 bridgehead atoms. The van der Waals surface area contributed by atoms with Gasteiger partial charge < -0.3 is 10.6 Å². The zero-order chi connectivity index (χ0) is 24.6. The lowest BCUT2D eigenvalue weighted by molar-refractivity contribution is -0.133. The molecule has 2 aliphatic rings. The molecule has 0 radical (unpaired) electrons. The number of nitrogens with two attached hydrogens (primary N) is 1. The van der Waals surface area contributed by atoms with E-state index in [1.165, 1.54) is 14.7 Å². The first-order valence-electron chi connectivity index (χ1n) is 11.4. The zero-order valence-corrected chi connectivity index (χ0v) is 19.8. The van der Waals surface area contributed by atoms with Gasteiger partial charge in [-0.15, -0.1) is 10.2 Å². The molecule has 11 nitrogen and oxygen atoms in total. The standard InChI is InChI=1S/C23H25N7O4S/c24-22(32)17-4-6-18(7-5-17)23-25-27-30(26-23)15-21(31)28-10-12-29(13-11-28)35(33,34)20-9-8-16-2-1-3-19(16)14-20/h4-9,14H,1-3,10-13,15H2,(H2,24,32). The highest BCUT2D eigenvalue weighted by Gasteiger charge is 2.31. The van der Waals surface area contributed by atoms with Gasteiger partial charge >= 0.3 is 0 Å². The zero-order valence-electron chi connectivity index (χ0n) is 19.0. The summed E-state index contributed by atoms with van der Waals surface area (Å²) >= 11 is 0. The Bertz CT molecular complexity index is 1380. The van der Waals surface area contributed by atoms with E-state index in [1.807, 2.05) is 6.07 Å². The molecular formula is C23H25N7O4S. The highest BCUT2D eigenvalue weighted by molar-refractivity contribution is 7.89. The van der Waals surface area contributed by atoms with Crippen molar-refractivity contribution in [1.29, 1.82) is 0 Å². The van der Waals surface area contributed by atoms with Crippen LogP contribution in [0.1, 0.15) is 27.9 Å². The number of hydrogen-bond acceptors (Lipinski definition) is 7. The highest BCUT2D eigenvalue weighted by Crippen LogP contribution is 2.26. The number of tetrazole rings is 1. The Hall–Kier alpha value is -3.64. The maximum atomic E-state index is 13.1. The van der Waals surface area contributed by atoms with Gasteiger partial charge in [-0.25, -0.2) is 8.42 Å². The number of fused-ring (bicyclic) bond motifs is 1. The minimum Gasteiger partial charge on any atom is -0.366 e. The second-order valence-corrected chi connectivity index (χ2v) is 10.6. The van der Waals surface area contributed by atoms with E-state index < -0.39 is 15.9 Å². The third kappa shape index (κ3) is 4.66. The monoisotopic (exact) mass is 495 g/mol. The largest absolute Gasteiger partial charge is 0.366 e. The summed E-state index contributed by atoms with van der Waals surface area (Å²) in [5, 5.41) is 12.1. The van der Waals surface area contributed by atoms with Gasteiger partial charge in [0.25, 0.3) is 0 Å². The van der Waals surface area contributed by atoms with Gasteiger partial charge in [0, 0.05) is 37.3 Å². The first kappa shape index (κ1) is 23.1. The van der Waals surface area contributed by atoms with Crippen molar-refractivity contribution in [2.24, 2.45) is 5.73 Å². The summed E-state index contributed by atoms with van der Waals surface area (Å²) < 4.78 is 27.7. The highest BCUT2D eigenvalue weighted by atomic mass is 32.2. The van der Waals surface area contributed by atoms with Crippen LogP contribution in [0.15, 0.2) is 47.4 Å². The Morgan fingerprint density at radius 2 is 1.66 bits per heavy atom. The smallest absolute Gasteiger partial charge is 0.248 e. The molecule has 2 heterocycles. The third-order valence-electron chi connectivity index (χ3n) is 6.46. The van der Waals surface area contributed by atoms with E-state index in [2.05, 4.69) is 15.4 Å². The predicted molar refractivity (Wildman–Crippen MR) is 126 cm³/mol. The summed E-state index contributed by atoms with van der Waals surface area (Å²) in [6, 6.07) is 11.9. The fourth-order valence-corrected chi connectivity index (χ4v) is 5.94. The van der Waals surface area contributed by atoms with E-state index in [0.29, 0.717) is 34.9 Å². The van der Waals surface area contributed by atoms with Crippen molar-refractivity contribution in [3.05, 3.63) is 59.2 Å². The molecule has 0 atom stereocenters. The van der Waals surface area contributed by atoms with Crippen LogP contribution in [0.2, 0.25) is 0 Å². The van der Waals surface area contributed by atoms with Crippen molar-refractivity contribution in [1.82, 2.24) is 29.4 Å². The van der Waals surface area contributed by atoms with Gasteiger partial charge in [-0.2, -0.15) is 9.10 Å². The molecule has 2 aromatic carbocycles. The Morgan fingerprint density at radius 3 is 2.37 bits per heavy atom. The number of nitrogens with zero attached hydrogens (tertiary/aromatic N) is 6. The number of aryl methyl sites for hydroxylation is 2. The van der Waals surface area contributed by atoms with Gasteiger partial charge in [-0.05, 0) is 59.9 Å². The van der Waals surface area contributed by atoms with Crippen LogP contribution >= 0.6 is 0 Å². The van der Waals surface area contributed by atoms with Crippen molar-refractivity contribution in [2.75, 3.05) is 26.2 Å². The van der Waals surface area contributed by atoms with Crippen molar-refractivity contribution in [3.8, 4) is 11.4 Å². The molecule has 2 amide bonds. The van der Waals surface area contributed by atoms with E-state index in [9.17, 15) is 18.0 Å². The molecule has 1 aliphatic carbocycles. The molecule has 182 valence electrons. The third-order valence-corrected chi connectivity index (χ3v) is 8.35. The van der Waals surface area contributed by atoms with E-state index in [1.54, 1.807) is 41.3 Å². The Labute approximate surface area is 202 Å². The van der Waals surface area contributed by atoms with Crippen molar-refractivity contribution >= 4 is 21.8 Å². The number of carbonyl (C=O) groups is 2. The minimum atomic E-state index is -3.60. The SMILES string of the molecule is NC(=O)c1ccc(-c2nnn(CC(=O)N3CCN(S(=O)(=O)c4ccc5c(c4)CCC5)CC3)n2)cc1. The summed E-state index contributed by atoms with van der Waals surface area (Å²) in [6.45, 7) is 0.934. The fourth-order valence-electron chi connectivity index (χ4n) is 4.47. The van der Waals surface area contributed by atoms with Crippen LogP contribution in [-0.2, 0) is 34.2 Å². The maximum Gasteiger partial charge on any atom is 0.248 e. The number of amides is 2.